The highest BCUT2D eigenvalue weighted by atomic mass is 19.3. The lowest BCUT2D eigenvalue weighted by Gasteiger charge is -2.33. The monoisotopic (exact) mass is 266 g/mol. The molecular formula is C12H12F2N4O. The minimum atomic E-state index is -2.57. The van der Waals surface area contributed by atoms with Gasteiger partial charge in [0.15, 0.2) is 0 Å². The smallest absolute Gasteiger partial charge is 0.249 e. The number of nitrogens with one attached hydrogen (secondary N) is 2. The third-order valence-corrected chi connectivity index (χ3v) is 3.08. The molecule has 2 aromatic rings. The van der Waals surface area contributed by atoms with Crippen LogP contribution in [0, 0.1) is 0 Å². The molecular weight excluding hydrogens is 254 g/mol. The van der Waals surface area contributed by atoms with Gasteiger partial charge in [0.25, 0.3) is 0 Å². The molecule has 1 aromatic heterocycles. The fourth-order valence-electron chi connectivity index (χ4n) is 2.08. The SMILES string of the molecule is Oc1cccc(Nc2n[nH]c(C3CC(F)(F)C3)n2)c1. The van der Waals surface area contributed by atoms with E-state index in [1.807, 2.05) is 0 Å². The maximum absolute atomic E-state index is 12.8. The fourth-order valence-corrected chi connectivity index (χ4v) is 2.08. The van der Waals surface area contributed by atoms with E-state index >= 15 is 0 Å². The van der Waals surface area contributed by atoms with Gasteiger partial charge in [-0.05, 0) is 12.1 Å². The number of aromatic nitrogens is 3. The molecule has 0 unspecified atom stereocenters. The van der Waals surface area contributed by atoms with Crippen LogP contribution >= 0.6 is 0 Å². The number of benzene rings is 1. The van der Waals surface area contributed by atoms with Crippen molar-refractivity contribution in [1.29, 1.82) is 0 Å². The lowest BCUT2D eigenvalue weighted by atomic mass is 9.81. The molecule has 0 bridgehead atoms. The molecule has 0 saturated heterocycles. The maximum Gasteiger partial charge on any atom is 0.249 e. The van der Waals surface area contributed by atoms with Gasteiger partial charge in [-0.3, -0.25) is 5.10 Å². The molecule has 7 heteroatoms. The van der Waals surface area contributed by atoms with E-state index < -0.39 is 5.92 Å². The molecule has 1 aliphatic carbocycles. The van der Waals surface area contributed by atoms with Crippen LogP contribution < -0.4 is 5.32 Å². The second-order valence-electron chi connectivity index (χ2n) is 4.68. The van der Waals surface area contributed by atoms with Gasteiger partial charge in [-0.25, -0.2) is 8.78 Å². The van der Waals surface area contributed by atoms with Crippen LogP contribution in [-0.4, -0.2) is 26.2 Å². The number of nitrogens with zero attached hydrogens (tertiary/aromatic N) is 2. The number of hydrogen-bond donors (Lipinski definition) is 3. The number of anilines is 2. The van der Waals surface area contributed by atoms with Gasteiger partial charge in [0.05, 0.1) is 0 Å². The molecule has 0 spiro atoms. The molecule has 5 nitrogen and oxygen atoms in total. The lowest BCUT2D eigenvalue weighted by Crippen LogP contribution is -2.34. The summed E-state index contributed by atoms with van der Waals surface area (Å²) in [7, 11) is 0. The van der Waals surface area contributed by atoms with E-state index in [0.717, 1.165) is 0 Å². The summed E-state index contributed by atoms with van der Waals surface area (Å²) in [6.45, 7) is 0. The quantitative estimate of drug-likeness (QED) is 0.798. The first-order valence-electron chi connectivity index (χ1n) is 5.88. The first kappa shape index (κ1) is 11.9. The highest BCUT2D eigenvalue weighted by Gasteiger charge is 2.47. The molecule has 1 fully saturated rings. The van der Waals surface area contributed by atoms with Crippen molar-refractivity contribution in [2.45, 2.75) is 24.7 Å². The highest BCUT2D eigenvalue weighted by molar-refractivity contribution is 5.55. The summed E-state index contributed by atoms with van der Waals surface area (Å²) in [6, 6.07) is 6.49. The summed E-state index contributed by atoms with van der Waals surface area (Å²) < 4.78 is 25.5. The predicted octanol–water partition coefficient (Wildman–Crippen LogP) is 2.77. The van der Waals surface area contributed by atoms with Crippen LogP contribution in [0.1, 0.15) is 24.6 Å². The summed E-state index contributed by atoms with van der Waals surface area (Å²) in [6.07, 6.45) is -0.373. The van der Waals surface area contributed by atoms with E-state index in [1.165, 1.54) is 6.07 Å². The molecule has 0 atom stereocenters. The Balaban J connectivity index is 1.69. The van der Waals surface area contributed by atoms with Crippen LogP contribution in [0.5, 0.6) is 5.75 Å². The lowest BCUT2D eigenvalue weighted by molar-refractivity contribution is -0.0884. The minimum Gasteiger partial charge on any atom is -0.508 e. The number of alkyl halides is 2. The van der Waals surface area contributed by atoms with E-state index in [9.17, 15) is 13.9 Å². The van der Waals surface area contributed by atoms with Gasteiger partial charge in [-0.2, -0.15) is 4.98 Å². The summed E-state index contributed by atoms with van der Waals surface area (Å²) >= 11 is 0. The van der Waals surface area contributed by atoms with E-state index in [2.05, 4.69) is 20.5 Å². The van der Waals surface area contributed by atoms with E-state index in [1.54, 1.807) is 18.2 Å². The topological polar surface area (TPSA) is 73.8 Å². The van der Waals surface area contributed by atoms with Gasteiger partial charge >= 0.3 is 0 Å². The summed E-state index contributed by atoms with van der Waals surface area (Å²) in [5.74, 6) is -1.94. The van der Waals surface area contributed by atoms with E-state index in [4.69, 9.17) is 0 Å². The van der Waals surface area contributed by atoms with Crippen LogP contribution in [0.4, 0.5) is 20.4 Å². The Labute approximate surface area is 107 Å². The van der Waals surface area contributed by atoms with Crippen molar-refractivity contribution in [3.63, 3.8) is 0 Å². The number of aromatic amines is 1. The van der Waals surface area contributed by atoms with Crippen molar-refractivity contribution < 1.29 is 13.9 Å². The van der Waals surface area contributed by atoms with Crippen molar-refractivity contribution >= 4 is 11.6 Å². The van der Waals surface area contributed by atoms with Gasteiger partial charge < -0.3 is 10.4 Å². The van der Waals surface area contributed by atoms with E-state index in [-0.39, 0.29) is 24.5 Å². The zero-order valence-corrected chi connectivity index (χ0v) is 9.90. The Hall–Kier alpha value is -2.18. The molecule has 1 aliphatic rings. The van der Waals surface area contributed by atoms with Crippen LogP contribution in [0.2, 0.25) is 0 Å². The highest BCUT2D eigenvalue weighted by Crippen LogP contribution is 2.47. The van der Waals surface area contributed by atoms with Gasteiger partial charge in [0.2, 0.25) is 11.9 Å². The molecule has 3 rings (SSSR count). The fraction of sp³-hybridized carbons (Fsp3) is 0.333. The second-order valence-corrected chi connectivity index (χ2v) is 4.68. The van der Waals surface area contributed by atoms with Crippen molar-refractivity contribution in [3.8, 4) is 5.75 Å². The van der Waals surface area contributed by atoms with Crippen LogP contribution in [0.3, 0.4) is 0 Å². The second kappa shape index (κ2) is 4.18. The largest absolute Gasteiger partial charge is 0.508 e. The molecule has 0 aliphatic heterocycles. The number of hydrogen-bond acceptors (Lipinski definition) is 4. The van der Waals surface area contributed by atoms with E-state index in [0.29, 0.717) is 17.5 Å². The zero-order chi connectivity index (χ0) is 13.5. The van der Waals surface area contributed by atoms with Crippen molar-refractivity contribution in [2.75, 3.05) is 5.32 Å². The number of phenolic OH excluding ortho intramolecular Hbond substituents is 1. The number of H-pyrrole nitrogens is 1. The summed E-state index contributed by atoms with van der Waals surface area (Å²) in [5, 5.41) is 18.8. The van der Waals surface area contributed by atoms with Crippen molar-refractivity contribution in [1.82, 2.24) is 15.2 Å². The summed E-state index contributed by atoms with van der Waals surface area (Å²) in [5.41, 5.74) is 0.629. The Morgan fingerprint density at radius 2 is 2.16 bits per heavy atom. The van der Waals surface area contributed by atoms with Gasteiger partial charge in [0, 0.05) is 30.5 Å². The number of halogens is 2. The molecule has 1 aromatic carbocycles. The van der Waals surface area contributed by atoms with Crippen molar-refractivity contribution in [3.05, 3.63) is 30.1 Å². The molecule has 0 amide bonds. The predicted molar refractivity (Wildman–Crippen MR) is 64.7 cm³/mol. The average Bonchev–Trinajstić information content (AvgIpc) is 2.74. The number of rotatable bonds is 3. The third-order valence-electron chi connectivity index (χ3n) is 3.08. The van der Waals surface area contributed by atoms with Gasteiger partial charge in [0.1, 0.15) is 11.6 Å². The van der Waals surface area contributed by atoms with Crippen LogP contribution in [-0.2, 0) is 0 Å². The van der Waals surface area contributed by atoms with Crippen LogP contribution in [0.25, 0.3) is 0 Å². The van der Waals surface area contributed by atoms with Gasteiger partial charge in [-0.15, -0.1) is 5.10 Å². The standard InChI is InChI=1S/C12H12F2N4O/c13-12(14)5-7(6-12)10-16-11(18-17-10)15-8-2-1-3-9(19)4-8/h1-4,7,19H,5-6H2,(H2,15,16,17,18). The molecule has 19 heavy (non-hydrogen) atoms. The third kappa shape index (κ3) is 2.49. The molecule has 0 radical (unpaired) electrons. The Kier molecular flexibility index (Phi) is 2.62. The normalized spacial score (nSPS) is 18.0. The minimum absolute atomic E-state index is 0.124. The molecule has 3 N–H and O–H groups in total. The zero-order valence-electron chi connectivity index (χ0n) is 9.90. The van der Waals surface area contributed by atoms with Crippen molar-refractivity contribution in [2.24, 2.45) is 0 Å². The van der Waals surface area contributed by atoms with Crippen LogP contribution in [0.15, 0.2) is 24.3 Å². The summed E-state index contributed by atoms with van der Waals surface area (Å²) in [4.78, 5) is 4.13. The first-order valence-corrected chi connectivity index (χ1v) is 5.88. The average molecular weight is 266 g/mol. The molecule has 100 valence electrons. The Morgan fingerprint density at radius 1 is 1.37 bits per heavy atom. The maximum atomic E-state index is 12.8. The number of phenols is 1. The molecule has 1 heterocycles. The molecule has 1 saturated carbocycles. The first-order chi connectivity index (χ1) is 9.02. The Morgan fingerprint density at radius 3 is 2.84 bits per heavy atom. The Bertz CT molecular complexity index is 591. The van der Waals surface area contributed by atoms with Gasteiger partial charge in [-0.1, -0.05) is 6.07 Å². The number of aromatic hydroxyl groups is 1.